The van der Waals surface area contributed by atoms with Gasteiger partial charge in [0.15, 0.2) is 11.5 Å². The lowest BCUT2D eigenvalue weighted by atomic mass is 9.97. The highest BCUT2D eigenvalue weighted by Crippen LogP contribution is 2.30. The van der Waals surface area contributed by atoms with Crippen LogP contribution in [-0.2, 0) is 25.4 Å². The van der Waals surface area contributed by atoms with Gasteiger partial charge in [-0.25, -0.2) is 4.79 Å². The number of hydrogen-bond acceptors (Lipinski definition) is 6. The number of rotatable bonds is 6. The normalized spacial score (nSPS) is 16.3. The summed E-state index contributed by atoms with van der Waals surface area (Å²) in [5, 5.41) is 2.98. The average Bonchev–Trinajstić information content (AvgIpc) is 2.77. The quantitative estimate of drug-likeness (QED) is 0.743. The molecule has 9 nitrogen and oxygen atoms in total. The van der Waals surface area contributed by atoms with E-state index >= 15 is 0 Å². The van der Waals surface area contributed by atoms with Crippen LogP contribution in [-0.4, -0.2) is 42.4 Å². The van der Waals surface area contributed by atoms with Gasteiger partial charge in [0.2, 0.25) is 5.91 Å². The van der Waals surface area contributed by atoms with Crippen LogP contribution in [0.3, 0.4) is 0 Å². The molecule has 1 unspecified atom stereocenters. The van der Waals surface area contributed by atoms with Crippen LogP contribution in [0.15, 0.2) is 33.9 Å². The first-order chi connectivity index (χ1) is 14.4. The third-order valence-corrected chi connectivity index (χ3v) is 5.55. The molecular weight excluding hydrogens is 388 g/mol. The minimum atomic E-state index is -0.380. The molecule has 2 heterocycles. The molecule has 1 aliphatic rings. The van der Waals surface area contributed by atoms with Crippen LogP contribution < -0.4 is 30.9 Å². The number of aromatic nitrogens is 2. The van der Waals surface area contributed by atoms with E-state index in [9.17, 15) is 14.4 Å². The molecular formula is C21H28N4O5. The Balaban J connectivity index is 1.72. The molecule has 162 valence electrons. The van der Waals surface area contributed by atoms with Gasteiger partial charge in [-0.2, -0.15) is 0 Å². The molecule has 0 spiro atoms. The number of carbonyl (C=O) groups is 1. The molecule has 1 atom stereocenters. The lowest BCUT2D eigenvalue weighted by molar-refractivity contribution is -0.125. The fourth-order valence-electron chi connectivity index (χ4n) is 3.84. The predicted molar refractivity (Wildman–Crippen MR) is 113 cm³/mol. The van der Waals surface area contributed by atoms with E-state index in [2.05, 4.69) is 5.32 Å². The van der Waals surface area contributed by atoms with Crippen LogP contribution in [0.2, 0.25) is 0 Å². The number of para-hydroxylation sites is 1. The minimum absolute atomic E-state index is 0.0709. The fourth-order valence-corrected chi connectivity index (χ4v) is 3.84. The highest BCUT2D eigenvalue weighted by atomic mass is 16.5. The Hall–Kier alpha value is -3.23. The molecule has 0 saturated carbocycles. The van der Waals surface area contributed by atoms with Crippen molar-refractivity contribution in [3.63, 3.8) is 0 Å². The molecule has 1 aromatic heterocycles. The standard InChI is InChI=1S/C21H28N4O5/c1-23-17(11-18(26)24(2)21(23)28)25-10-6-8-15(13-25)20(27)22-12-14-7-5-9-16(29-3)19(14)30-4/h5,7,9,11,15H,6,8,10,12-13H2,1-4H3,(H,22,27). The third-order valence-electron chi connectivity index (χ3n) is 5.55. The van der Waals surface area contributed by atoms with Crippen molar-refractivity contribution in [3.05, 3.63) is 50.7 Å². The molecule has 0 bridgehead atoms. The molecule has 3 rings (SSSR count). The number of carbonyl (C=O) groups excluding carboxylic acids is 1. The van der Waals surface area contributed by atoms with Crippen LogP contribution in [0, 0.1) is 5.92 Å². The maximum atomic E-state index is 12.8. The van der Waals surface area contributed by atoms with Gasteiger partial charge in [-0.3, -0.25) is 18.7 Å². The van der Waals surface area contributed by atoms with Crippen molar-refractivity contribution in [3.8, 4) is 11.5 Å². The zero-order valence-electron chi connectivity index (χ0n) is 17.8. The maximum absolute atomic E-state index is 12.8. The van der Waals surface area contributed by atoms with Gasteiger partial charge in [0.1, 0.15) is 5.82 Å². The summed E-state index contributed by atoms with van der Waals surface area (Å²) in [6.07, 6.45) is 1.54. The second-order valence-corrected chi connectivity index (χ2v) is 7.40. The van der Waals surface area contributed by atoms with E-state index in [1.165, 1.54) is 17.7 Å². The van der Waals surface area contributed by atoms with Crippen LogP contribution in [0.1, 0.15) is 18.4 Å². The van der Waals surface area contributed by atoms with Crippen LogP contribution >= 0.6 is 0 Å². The third kappa shape index (κ3) is 4.19. The lowest BCUT2D eigenvalue weighted by Crippen LogP contribution is -2.46. The van der Waals surface area contributed by atoms with Gasteiger partial charge < -0.3 is 19.7 Å². The Labute approximate surface area is 174 Å². The summed E-state index contributed by atoms with van der Waals surface area (Å²) < 4.78 is 13.2. The Bertz CT molecular complexity index is 1040. The van der Waals surface area contributed by atoms with Crippen LogP contribution in [0.25, 0.3) is 0 Å². The molecule has 1 aliphatic heterocycles. The largest absolute Gasteiger partial charge is 0.493 e. The molecule has 0 aliphatic carbocycles. The molecule has 1 aromatic carbocycles. The molecule has 1 N–H and O–H groups in total. The summed E-state index contributed by atoms with van der Waals surface area (Å²) >= 11 is 0. The topological polar surface area (TPSA) is 94.8 Å². The first kappa shape index (κ1) is 21.5. The summed E-state index contributed by atoms with van der Waals surface area (Å²) in [4.78, 5) is 39.1. The van der Waals surface area contributed by atoms with Crippen LogP contribution in [0.4, 0.5) is 5.82 Å². The highest BCUT2D eigenvalue weighted by molar-refractivity contribution is 5.79. The van der Waals surface area contributed by atoms with Crippen molar-refractivity contribution >= 4 is 11.7 Å². The first-order valence-electron chi connectivity index (χ1n) is 9.87. The zero-order chi connectivity index (χ0) is 21.8. The Morgan fingerprint density at radius 1 is 1.17 bits per heavy atom. The van der Waals surface area contributed by atoms with Gasteiger partial charge in [0.05, 0.1) is 20.1 Å². The van der Waals surface area contributed by atoms with Gasteiger partial charge in [0.25, 0.3) is 5.56 Å². The number of hydrogen-bond donors (Lipinski definition) is 1. The molecule has 9 heteroatoms. The van der Waals surface area contributed by atoms with E-state index in [0.717, 1.165) is 23.0 Å². The molecule has 30 heavy (non-hydrogen) atoms. The number of nitrogens with one attached hydrogen (secondary N) is 1. The van der Waals surface area contributed by atoms with Gasteiger partial charge in [-0.15, -0.1) is 0 Å². The van der Waals surface area contributed by atoms with Gasteiger partial charge in [0, 0.05) is 45.4 Å². The van der Waals surface area contributed by atoms with E-state index in [4.69, 9.17) is 9.47 Å². The van der Waals surface area contributed by atoms with E-state index in [0.29, 0.717) is 37.0 Å². The highest BCUT2D eigenvalue weighted by Gasteiger charge is 2.27. The second-order valence-electron chi connectivity index (χ2n) is 7.40. The number of piperidine rings is 1. The predicted octanol–water partition coefficient (Wildman–Crippen LogP) is 0.634. The lowest BCUT2D eigenvalue weighted by Gasteiger charge is -2.34. The summed E-state index contributed by atoms with van der Waals surface area (Å²) in [6.45, 7) is 1.45. The van der Waals surface area contributed by atoms with Crippen molar-refractivity contribution in [1.29, 1.82) is 0 Å². The van der Waals surface area contributed by atoms with E-state index < -0.39 is 0 Å². The van der Waals surface area contributed by atoms with Crippen LogP contribution in [0.5, 0.6) is 11.5 Å². The summed E-state index contributed by atoms with van der Waals surface area (Å²) in [5.74, 6) is 1.43. The first-order valence-corrected chi connectivity index (χ1v) is 9.87. The number of anilines is 1. The monoisotopic (exact) mass is 416 g/mol. The van der Waals surface area contributed by atoms with Gasteiger partial charge in [-0.05, 0) is 18.9 Å². The molecule has 1 amide bonds. The fraction of sp³-hybridized carbons (Fsp3) is 0.476. The second kappa shape index (κ2) is 9.06. The summed E-state index contributed by atoms with van der Waals surface area (Å²) in [6, 6.07) is 6.98. The Morgan fingerprint density at radius 3 is 2.63 bits per heavy atom. The number of amides is 1. The number of ether oxygens (including phenoxy) is 2. The van der Waals surface area contributed by atoms with Crippen molar-refractivity contribution < 1.29 is 14.3 Å². The SMILES string of the molecule is COc1cccc(CNC(=O)C2CCCN(c3cc(=O)n(C)c(=O)n3C)C2)c1OC. The van der Waals surface area contributed by atoms with Crippen molar-refractivity contribution in [2.24, 2.45) is 20.0 Å². The smallest absolute Gasteiger partial charge is 0.332 e. The van der Waals surface area contributed by atoms with Crippen molar-refractivity contribution in [2.45, 2.75) is 19.4 Å². The molecule has 1 fully saturated rings. The van der Waals surface area contributed by atoms with E-state index in [1.54, 1.807) is 27.3 Å². The van der Waals surface area contributed by atoms with E-state index in [-0.39, 0.29) is 23.1 Å². The van der Waals surface area contributed by atoms with Crippen molar-refractivity contribution in [2.75, 3.05) is 32.2 Å². The average molecular weight is 416 g/mol. The zero-order valence-corrected chi connectivity index (χ0v) is 17.8. The number of benzene rings is 1. The van der Waals surface area contributed by atoms with Gasteiger partial charge in [-0.1, -0.05) is 12.1 Å². The summed E-state index contributed by atoms with van der Waals surface area (Å²) in [7, 11) is 6.22. The Morgan fingerprint density at radius 2 is 1.93 bits per heavy atom. The number of nitrogens with zero attached hydrogens (tertiary/aromatic N) is 3. The maximum Gasteiger partial charge on any atom is 0.332 e. The number of methoxy groups -OCH3 is 2. The molecule has 1 saturated heterocycles. The molecule has 0 radical (unpaired) electrons. The molecule has 2 aromatic rings. The van der Waals surface area contributed by atoms with Crippen molar-refractivity contribution in [1.82, 2.24) is 14.5 Å². The minimum Gasteiger partial charge on any atom is -0.493 e. The summed E-state index contributed by atoms with van der Waals surface area (Å²) in [5.41, 5.74) is 0.0887. The van der Waals surface area contributed by atoms with Gasteiger partial charge >= 0.3 is 5.69 Å². The van der Waals surface area contributed by atoms with E-state index in [1.807, 2.05) is 17.0 Å². The Kier molecular flexibility index (Phi) is 6.49.